The minimum absolute atomic E-state index is 0.0317. The maximum absolute atomic E-state index is 13.4. The highest BCUT2D eigenvalue weighted by atomic mass is 32.2. The maximum Gasteiger partial charge on any atom is 0.339 e. The first kappa shape index (κ1) is 25.5. The van der Waals surface area contributed by atoms with Gasteiger partial charge in [0.2, 0.25) is 15.9 Å². The van der Waals surface area contributed by atoms with Crippen LogP contribution in [0, 0.1) is 0 Å². The van der Waals surface area contributed by atoms with E-state index < -0.39 is 45.1 Å². The zero-order valence-electron chi connectivity index (χ0n) is 18.1. The fourth-order valence-corrected chi connectivity index (χ4v) is 6.07. The number of esters is 1. The van der Waals surface area contributed by atoms with Gasteiger partial charge in [0, 0.05) is 18.3 Å². The first-order valence-corrected chi connectivity index (χ1v) is 12.2. The molecule has 1 fully saturated rings. The molecule has 0 unspecified atom stereocenters. The van der Waals surface area contributed by atoms with Gasteiger partial charge in [-0.05, 0) is 36.2 Å². The summed E-state index contributed by atoms with van der Waals surface area (Å²) in [5.74, 6) is -3.85. The van der Waals surface area contributed by atoms with Crippen molar-refractivity contribution in [1.82, 2.24) is 9.62 Å². The third-order valence-corrected chi connectivity index (χ3v) is 7.80. The Balaban J connectivity index is 1.83. The molecule has 1 amide bonds. The van der Waals surface area contributed by atoms with E-state index in [2.05, 4.69) is 22.7 Å². The van der Waals surface area contributed by atoms with Crippen LogP contribution in [-0.2, 0) is 24.3 Å². The second-order valence-corrected chi connectivity index (χ2v) is 10.3. The number of amides is 1. The summed E-state index contributed by atoms with van der Waals surface area (Å²) in [6.45, 7) is -0.362. The molecule has 2 aromatic carbocycles. The van der Waals surface area contributed by atoms with Crippen LogP contribution < -0.4 is 5.32 Å². The van der Waals surface area contributed by atoms with Crippen LogP contribution in [0.3, 0.4) is 0 Å². The van der Waals surface area contributed by atoms with E-state index in [9.17, 15) is 33.0 Å². The number of aliphatic carboxylic acids is 1. The SMILES string of the molecule is COC(=O)c1ccccc1S(=O)(=O)N1C[C@@H](S)C[C@H]1C(=O)NC[C@H](C(=O)O)c1ccc(O)cc1. The van der Waals surface area contributed by atoms with E-state index in [-0.39, 0.29) is 35.7 Å². The second kappa shape index (κ2) is 10.5. The highest BCUT2D eigenvalue weighted by Gasteiger charge is 2.44. The number of ether oxygens (including phenoxy) is 1. The van der Waals surface area contributed by atoms with Crippen LogP contribution >= 0.6 is 12.6 Å². The molecule has 0 radical (unpaired) electrons. The lowest BCUT2D eigenvalue weighted by Gasteiger charge is -2.24. The summed E-state index contributed by atoms with van der Waals surface area (Å²) >= 11 is 4.35. The molecule has 1 heterocycles. The van der Waals surface area contributed by atoms with Gasteiger partial charge in [-0.15, -0.1) is 0 Å². The number of carbonyl (C=O) groups is 3. The van der Waals surface area contributed by atoms with E-state index in [0.717, 1.165) is 11.4 Å². The Labute approximate surface area is 202 Å². The number of hydrogen-bond donors (Lipinski definition) is 4. The lowest BCUT2D eigenvalue weighted by molar-refractivity contribution is -0.138. The molecule has 0 spiro atoms. The molecule has 1 aliphatic heterocycles. The van der Waals surface area contributed by atoms with Gasteiger partial charge < -0.3 is 20.3 Å². The van der Waals surface area contributed by atoms with Crippen LogP contribution in [0.2, 0.25) is 0 Å². The predicted molar refractivity (Wildman–Crippen MR) is 124 cm³/mol. The van der Waals surface area contributed by atoms with Gasteiger partial charge in [0.05, 0.1) is 23.5 Å². The quantitative estimate of drug-likeness (QED) is 0.307. The number of nitrogens with one attached hydrogen (secondary N) is 1. The molecule has 0 aliphatic carbocycles. The number of thiol groups is 1. The number of phenols is 1. The molecule has 2 aromatic rings. The fraction of sp³-hybridized carbons (Fsp3) is 0.318. The first-order valence-electron chi connectivity index (χ1n) is 10.2. The molecule has 182 valence electrons. The van der Waals surface area contributed by atoms with Crippen molar-refractivity contribution in [3.8, 4) is 5.75 Å². The van der Waals surface area contributed by atoms with E-state index in [0.29, 0.717) is 5.56 Å². The number of aromatic hydroxyl groups is 1. The number of rotatable bonds is 8. The fourth-order valence-electron chi connectivity index (χ4n) is 3.76. The number of carboxylic acid groups (broad SMARTS) is 1. The third kappa shape index (κ3) is 5.34. The third-order valence-electron chi connectivity index (χ3n) is 5.49. The monoisotopic (exact) mass is 508 g/mol. The van der Waals surface area contributed by atoms with Crippen molar-refractivity contribution in [1.29, 1.82) is 0 Å². The van der Waals surface area contributed by atoms with Crippen LogP contribution in [0.25, 0.3) is 0 Å². The first-order chi connectivity index (χ1) is 16.1. The number of carbonyl (C=O) groups excluding carboxylic acids is 2. The molecule has 12 heteroatoms. The van der Waals surface area contributed by atoms with Crippen molar-refractivity contribution in [3.63, 3.8) is 0 Å². The Morgan fingerprint density at radius 3 is 2.44 bits per heavy atom. The standard InChI is InChI=1S/C22H24N2O8S2/c1-32-22(29)16-4-2-3-5-19(16)34(30,31)24-12-15(33)10-18(24)20(26)23-11-17(21(27)28)13-6-8-14(25)9-7-13/h2-9,15,17-18,25,33H,10-12H2,1H3,(H,23,26)(H,27,28)/t15-,17-,18-/m0/s1. The number of hydrogen-bond acceptors (Lipinski definition) is 8. The van der Waals surface area contributed by atoms with Gasteiger partial charge >= 0.3 is 11.9 Å². The smallest absolute Gasteiger partial charge is 0.339 e. The molecule has 3 rings (SSSR count). The summed E-state index contributed by atoms with van der Waals surface area (Å²) in [6, 6.07) is 9.91. The van der Waals surface area contributed by atoms with Gasteiger partial charge in [0.15, 0.2) is 0 Å². The predicted octanol–water partition coefficient (Wildman–Crippen LogP) is 1.22. The van der Waals surface area contributed by atoms with Gasteiger partial charge in [-0.3, -0.25) is 9.59 Å². The minimum Gasteiger partial charge on any atom is -0.508 e. The van der Waals surface area contributed by atoms with Crippen molar-refractivity contribution >= 4 is 40.5 Å². The summed E-state index contributed by atoms with van der Waals surface area (Å²) in [7, 11) is -3.15. The Morgan fingerprint density at radius 1 is 1.18 bits per heavy atom. The molecular weight excluding hydrogens is 484 g/mol. The number of phenolic OH excluding ortho intramolecular Hbond substituents is 1. The van der Waals surface area contributed by atoms with Crippen molar-refractivity contribution < 1.29 is 37.8 Å². The molecule has 0 saturated carbocycles. The van der Waals surface area contributed by atoms with Crippen LogP contribution in [0.15, 0.2) is 53.4 Å². The van der Waals surface area contributed by atoms with Crippen molar-refractivity contribution in [2.24, 2.45) is 0 Å². The van der Waals surface area contributed by atoms with Gasteiger partial charge in [0.25, 0.3) is 0 Å². The zero-order valence-corrected chi connectivity index (χ0v) is 19.8. The average molecular weight is 509 g/mol. The molecule has 3 atom stereocenters. The highest BCUT2D eigenvalue weighted by molar-refractivity contribution is 7.89. The minimum atomic E-state index is -4.28. The number of sulfonamides is 1. The van der Waals surface area contributed by atoms with Gasteiger partial charge in [0.1, 0.15) is 11.8 Å². The summed E-state index contributed by atoms with van der Waals surface area (Å²) in [5, 5.41) is 21.1. The summed E-state index contributed by atoms with van der Waals surface area (Å²) in [6.07, 6.45) is 0.103. The lowest BCUT2D eigenvalue weighted by Crippen LogP contribution is -2.47. The van der Waals surface area contributed by atoms with Crippen LogP contribution in [-0.4, -0.2) is 72.3 Å². The summed E-state index contributed by atoms with van der Waals surface area (Å²) < 4.78 is 32.5. The molecule has 34 heavy (non-hydrogen) atoms. The van der Waals surface area contributed by atoms with E-state index in [1.54, 1.807) is 0 Å². The highest BCUT2D eigenvalue weighted by Crippen LogP contribution is 2.31. The van der Waals surface area contributed by atoms with E-state index in [1.165, 1.54) is 48.5 Å². The van der Waals surface area contributed by atoms with Crippen LogP contribution in [0.5, 0.6) is 5.75 Å². The van der Waals surface area contributed by atoms with Gasteiger partial charge in [-0.2, -0.15) is 16.9 Å². The van der Waals surface area contributed by atoms with E-state index >= 15 is 0 Å². The number of nitrogens with zero attached hydrogens (tertiary/aromatic N) is 1. The maximum atomic E-state index is 13.4. The van der Waals surface area contributed by atoms with Crippen molar-refractivity contribution in [3.05, 3.63) is 59.7 Å². The average Bonchev–Trinajstić information content (AvgIpc) is 3.22. The summed E-state index contributed by atoms with van der Waals surface area (Å²) in [4.78, 5) is 36.5. The summed E-state index contributed by atoms with van der Waals surface area (Å²) in [5.41, 5.74) is 0.200. The van der Waals surface area contributed by atoms with Gasteiger partial charge in [-0.1, -0.05) is 24.3 Å². The molecule has 1 aliphatic rings. The van der Waals surface area contributed by atoms with E-state index in [1.807, 2.05) is 0 Å². The van der Waals surface area contributed by atoms with Crippen LogP contribution in [0.1, 0.15) is 28.3 Å². The van der Waals surface area contributed by atoms with Crippen molar-refractivity contribution in [2.45, 2.75) is 28.5 Å². The Morgan fingerprint density at radius 2 is 1.82 bits per heavy atom. The molecule has 3 N–H and O–H groups in total. The van der Waals surface area contributed by atoms with Gasteiger partial charge in [-0.25, -0.2) is 13.2 Å². The largest absolute Gasteiger partial charge is 0.508 e. The number of benzene rings is 2. The molecule has 0 aromatic heterocycles. The Bertz CT molecular complexity index is 1180. The molecule has 1 saturated heterocycles. The second-order valence-electron chi connectivity index (χ2n) is 7.70. The molecule has 10 nitrogen and oxygen atoms in total. The Hall–Kier alpha value is -3.09. The normalized spacial score (nSPS) is 19.4. The van der Waals surface area contributed by atoms with E-state index in [4.69, 9.17) is 0 Å². The molecular formula is C22H24N2O8S2. The Kier molecular flexibility index (Phi) is 7.85. The van der Waals surface area contributed by atoms with Crippen LogP contribution in [0.4, 0.5) is 0 Å². The topological polar surface area (TPSA) is 150 Å². The number of methoxy groups -OCH3 is 1. The lowest BCUT2D eigenvalue weighted by atomic mass is 9.99. The number of carboxylic acids is 1. The zero-order chi connectivity index (χ0) is 25.0. The van der Waals surface area contributed by atoms with Crippen molar-refractivity contribution in [2.75, 3.05) is 20.2 Å². The molecule has 0 bridgehead atoms.